The Balaban J connectivity index is 1.59. The van der Waals surface area contributed by atoms with Crippen LogP contribution in [0.25, 0.3) is 11.6 Å². The number of hydrogen-bond donors (Lipinski definition) is 0. The van der Waals surface area contributed by atoms with E-state index in [0.29, 0.717) is 42.3 Å². The van der Waals surface area contributed by atoms with Gasteiger partial charge >= 0.3 is 0 Å². The summed E-state index contributed by atoms with van der Waals surface area (Å²) in [6.45, 7) is 5.18. The van der Waals surface area contributed by atoms with Crippen molar-refractivity contribution in [3.8, 4) is 11.6 Å². The van der Waals surface area contributed by atoms with Crippen molar-refractivity contribution in [2.24, 2.45) is 5.92 Å². The maximum absolute atomic E-state index is 12.6. The van der Waals surface area contributed by atoms with Gasteiger partial charge in [0.15, 0.2) is 0 Å². The van der Waals surface area contributed by atoms with Gasteiger partial charge in [-0.05, 0) is 31.7 Å². The van der Waals surface area contributed by atoms with E-state index in [1.807, 2.05) is 4.90 Å². The summed E-state index contributed by atoms with van der Waals surface area (Å²) in [5.41, 5.74) is 0. The number of aromatic nitrogens is 4. The predicted octanol–water partition coefficient (Wildman–Crippen LogP) is 2.50. The fourth-order valence-corrected chi connectivity index (χ4v) is 3.09. The van der Waals surface area contributed by atoms with Gasteiger partial charge in [-0.2, -0.15) is 4.98 Å². The number of hydrogen-bond acceptors (Lipinski definition) is 6. The quantitative estimate of drug-likeness (QED) is 0.857. The molecule has 0 N–H and O–H groups in total. The molecule has 2 atom stereocenters. The van der Waals surface area contributed by atoms with Gasteiger partial charge < -0.3 is 9.42 Å². The molecule has 0 radical (unpaired) electrons. The molecule has 0 aromatic carbocycles. The fraction of sp³-hybridized carbons (Fsp3) is 0.588. The van der Waals surface area contributed by atoms with Crippen LogP contribution in [0.4, 0.5) is 0 Å². The SMILES string of the molecule is C[C@@H]1CCC[C@H](C)N(C(=O)CCc2nc(-c3ncccn3)no2)C1. The largest absolute Gasteiger partial charge is 0.340 e. The van der Waals surface area contributed by atoms with E-state index in [4.69, 9.17) is 4.52 Å². The lowest BCUT2D eigenvalue weighted by molar-refractivity contribution is -0.133. The number of likely N-dealkylation sites (tertiary alicyclic amines) is 1. The topological polar surface area (TPSA) is 85.0 Å². The molecule has 1 aliphatic rings. The van der Waals surface area contributed by atoms with Crippen molar-refractivity contribution in [1.29, 1.82) is 0 Å². The zero-order valence-corrected chi connectivity index (χ0v) is 14.2. The van der Waals surface area contributed by atoms with Crippen LogP contribution in [0.3, 0.4) is 0 Å². The lowest BCUT2D eigenvalue weighted by Crippen LogP contribution is -2.39. The maximum atomic E-state index is 12.6. The second-order valence-electron chi connectivity index (χ2n) is 6.52. The van der Waals surface area contributed by atoms with Crippen molar-refractivity contribution in [3.63, 3.8) is 0 Å². The van der Waals surface area contributed by atoms with Gasteiger partial charge in [0, 0.05) is 37.8 Å². The summed E-state index contributed by atoms with van der Waals surface area (Å²) >= 11 is 0. The zero-order chi connectivity index (χ0) is 16.9. The molecule has 0 aliphatic carbocycles. The first kappa shape index (κ1) is 16.5. The molecule has 1 amide bonds. The molecule has 7 heteroatoms. The van der Waals surface area contributed by atoms with Crippen LogP contribution in [-0.4, -0.2) is 43.5 Å². The molecule has 3 rings (SSSR count). The Hall–Kier alpha value is -2.31. The number of aryl methyl sites for hydroxylation is 1. The van der Waals surface area contributed by atoms with E-state index in [-0.39, 0.29) is 5.91 Å². The van der Waals surface area contributed by atoms with Gasteiger partial charge in [0.2, 0.25) is 23.4 Å². The number of carbonyl (C=O) groups is 1. The highest BCUT2D eigenvalue weighted by atomic mass is 16.5. The highest BCUT2D eigenvalue weighted by Gasteiger charge is 2.25. The molecule has 3 heterocycles. The van der Waals surface area contributed by atoms with Crippen LogP contribution >= 0.6 is 0 Å². The van der Waals surface area contributed by atoms with Crippen LogP contribution in [0.1, 0.15) is 45.4 Å². The Kier molecular flexibility index (Phi) is 5.17. The molecule has 0 saturated carbocycles. The lowest BCUT2D eigenvalue weighted by atomic mass is 10.1. The minimum atomic E-state index is 0.159. The molecule has 24 heavy (non-hydrogen) atoms. The van der Waals surface area contributed by atoms with Crippen LogP contribution in [0.2, 0.25) is 0 Å². The predicted molar refractivity (Wildman–Crippen MR) is 87.8 cm³/mol. The Morgan fingerprint density at radius 2 is 2.04 bits per heavy atom. The molecular weight excluding hydrogens is 306 g/mol. The van der Waals surface area contributed by atoms with Crippen LogP contribution < -0.4 is 0 Å². The first-order valence-electron chi connectivity index (χ1n) is 8.53. The molecule has 1 aliphatic heterocycles. The smallest absolute Gasteiger partial charge is 0.240 e. The molecule has 2 aromatic rings. The normalized spacial score (nSPS) is 21.5. The van der Waals surface area contributed by atoms with E-state index >= 15 is 0 Å². The fourth-order valence-electron chi connectivity index (χ4n) is 3.09. The molecule has 0 bridgehead atoms. The highest BCUT2D eigenvalue weighted by Crippen LogP contribution is 2.21. The summed E-state index contributed by atoms with van der Waals surface area (Å²) in [5.74, 6) is 1.95. The Morgan fingerprint density at radius 1 is 1.25 bits per heavy atom. The Morgan fingerprint density at radius 3 is 2.83 bits per heavy atom. The second kappa shape index (κ2) is 7.51. The molecule has 128 valence electrons. The number of nitrogens with zero attached hydrogens (tertiary/aromatic N) is 5. The Labute approximate surface area is 141 Å². The molecule has 1 fully saturated rings. The van der Waals surface area contributed by atoms with E-state index in [0.717, 1.165) is 13.0 Å². The van der Waals surface area contributed by atoms with E-state index in [9.17, 15) is 4.79 Å². The average molecular weight is 329 g/mol. The number of rotatable bonds is 4. The van der Waals surface area contributed by atoms with Gasteiger partial charge in [0.05, 0.1) is 0 Å². The van der Waals surface area contributed by atoms with Gasteiger partial charge in [0.25, 0.3) is 0 Å². The summed E-state index contributed by atoms with van der Waals surface area (Å²) in [4.78, 5) is 27.0. The van der Waals surface area contributed by atoms with Crippen LogP contribution in [-0.2, 0) is 11.2 Å². The summed E-state index contributed by atoms with van der Waals surface area (Å²) in [5, 5.41) is 3.88. The zero-order valence-electron chi connectivity index (χ0n) is 14.2. The third kappa shape index (κ3) is 3.96. The van der Waals surface area contributed by atoms with Gasteiger partial charge in [-0.1, -0.05) is 18.5 Å². The van der Waals surface area contributed by atoms with E-state index in [2.05, 4.69) is 34.0 Å². The minimum absolute atomic E-state index is 0.159. The van der Waals surface area contributed by atoms with Crippen molar-refractivity contribution in [3.05, 3.63) is 24.4 Å². The third-order valence-corrected chi connectivity index (χ3v) is 4.47. The van der Waals surface area contributed by atoms with Gasteiger partial charge in [0.1, 0.15) is 0 Å². The molecule has 0 unspecified atom stereocenters. The van der Waals surface area contributed by atoms with Crippen molar-refractivity contribution in [2.75, 3.05) is 6.54 Å². The molecule has 7 nitrogen and oxygen atoms in total. The Bertz CT molecular complexity index is 673. The number of amides is 1. The van der Waals surface area contributed by atoms with Crippen LogP contribution in [0.15, 0.2) is 23.0 Å². The molecule has 1 saturated heterocycles. The standard InChI is InChI=1S/C17H23N5O2/c1-12-5-3-6-13(2)22(11-12)15(23)8-7-14-20-17(21-24-14)16-18-9-4-10-19-16/h4,9-10,12-13H,3,5-8,11H2,1-2H3/t12-,13+/m1/s1. The molecular formula is C17H23N5O2. The summed E-state index contributed by atoms with van der Waals surface area (Å²) in [6, 6.07) is 2.03. The van der Waals surface area contributed by atoms with Gasteiger partial charge in [-0.3, -0.25) is 4.79 Å². The van der Waals surface area contributed by atoms with Crippen molar-refractivity contribution in [2.45, 2.75) is 52.0 Å². The van der Waals surface area contributed by atoms with Crippen molar-refractivity contribution in [1.82, 2.24) is 25.0 Å². The summed E-state index contributed by atoms with van der Waals surface area (Å²) in [7, 11) is 0. The first-order chi connectivity index (χ1) is 11.6. The third-order valence-electron chi connectivity index (χ3n) is 4.47. The van der Waals surface area contributed by atoms with Crippen LogP contribution in [0.5, 0.6) is 0 Å². The van der Waals surface area contributed by atoms with Crippen LogP contribution in [0, 0.1) is 5.92 Å². The average Bonchev–Trinajstić information content (AvgIpc) is 3.00. The van der Waals surface area contributed by atoms with Crippen molar-refractivity contribution >= 4 is 5.91 Å². The lowest BCUT2D eigenvalue weighted by Gasteiger charge is -2.28. The highest BCUT2D eigenvalue weighted by molar-refractivity contribution is 5.76. The first-order valence-corrected chi connectivity index (χ1v) is 8.53. The summed E-state index contributed by atoms with van der Waals surface area (Å²) in [6.07, 6.45) is 7.54. The van der Waals surface area contributed by atoms with E-state index in [1.54, 1.807) is 18.5 Å². The maximum Gasteiger partial charge on any atom is 0.240 e. The van der Waals surface area contributed by atoms with E-state index in [1.165, 1.54) is 12.8 Å². The minimum Gasteiger partial charge on any atom is -0.340 e. The summed E-state index contributed by atoms with van der Waals surface area (Å²) < 4.78 is 5.22. The monoisotopic (exact) mass is 329 g/mol. The van der Waals surface area contributed by atoms with Gasteiger partial charge in [-0.15, -0.1) is 0 Å². The van der Waals surface area contributed by atoms with Crippen molar-refractivity contribution < 1.29 is 9.32 Å². The van der Waals surface area contributed by atoms with Gasteiger partial charge in [-0.25, -0.2) is 9.97 Å². The van der Waals surface area contributed by atoms with E-state index < -0.39 is 0 Å². The molecule has 2 aromatic heterocycles. The molecule has 0 spiro atoms. The second-order valence-corrected chi connectivity index (χ2v) is 6.52. The number of carbonyl (C=O) groups excluding carboxylic acids is 1.